The molecule has 0 aliphatic rings. The summed E-state index contributed by atoms with van der Waals surface area (Å²) in [6.45, 7) is -0.0862. The number of fused-ring (bicyclic) bond motifs is 1. The van der Waals surface area contributed by atoms with Gasteiger partial charge in [-0.15, -0.1) is 0 Å². The SMILES string of the molecule is N.O=COS(=O)(=O)c1cccc2ccccc12. The molecule has 17 heavy (non-hydrogen) atoms. The van der Waals surface area contributed by atoms with Crippen LogP contribution >= 0.6 is 0 Å². The highest BCUT2D eigenvalue weighted by atomic mass is 32.2. The van der Waals surface area contributed by atoms with Crippen LogP contribution in [0.5, 0.6) is 0 Å². The van der Waals surface area contributed by atoms with E-state index >= 15 is 0 Å². The zero-order chi connectivity index (χ0) is 11.6. The Morgan fingerprint density at radius 1 is 1.00 bits per heavy atom. The van der Waals surface area contributed by atoms with E-state index in [9.17, 15) is 13.2 Å². The van der Waals surface area contributed by atoms with E-state index in [0.717, 1.165) is 5.39 Å². The van der Waals surface area contributed by atoms with Crippen molar-refractivity contribution in [1.82, 2.24) is 6.15 Å². The summed E-state index contributed by atoms with van der Waals surface area (Å²) < 4.78 is 27.3. The maximum absolute atomic E-state index is 11.6. The summed E-state index contributed by atoms with van der Waals surface area (Å²) in [6, 6.07) is 11.8. The molecule has 0 amide bonds. The van der Waals surface area contributed by atoms with E-state index in [1.807, 2.05) is 0 Å². The Labute approximate surface area is 98.7 Å². The Morgan fingerprint density at radius 2 is 1.65 bits per heavy atom. The maximum Gasteiger partial charge on any atom is 0.342 e. The monoisotopic (exact) mass is 253 g/mol. The molecule has 90 valence electrons. The number of carbonyl (C=O) groups is 1. The lowest BCUT2D eigenvalue weighted by Gasteiger charge is -2.05. The van der Waals surface area contributed by atoms with Gasteiger partial charge in [-0.05, 0) is 11.5 Å². The minimum atomic E-state index is -4.00. The minimum Gasteiger partial charge on any atom is -0.345 e. The quantitative estimate of drug-likeness (QED) is 0.665. The molecular weight excluding hydrogens is 242 g/mol. The number of hydrogen-bond donors (Lipinski definition) is 1. The first-order chi connectivity index (χ1) is 7.65. The fourth-order valence-electron chi connectivity index (χ4n) is 1.52. The molecule has 3 N–H and O–H groups in total. The lowest BCUT2D eigenvalue weighted by Crippen LogP contribution is -2.05. The van der Waals surface area contributed by atoms with Crippen LogP contribution in [0.3, 0.4) is 0 Å². The van der Waals surface area contributed by atoms with Gasteiger partial charge >= 0.3 is 16.6 Å². The van der Waals surface area contributed by atoms with E-state index < -0.39 is 10.1 Å². The van der Waals surface area contributed by atoms with Crippen LogP contribution in [-0.2, 0) is 19.1 Å². The van der Waals surface area contributed by atoms with Crippen molar-refractivity contribution in [2.45, 2.75) is 4.90 Å². The van der Waals surface area contributed by atoms with Crippen LogP contribution in [0.2, 0.25) is 0 Å². The lowest BCUT2D eigenvalue weighted by atomic mass is 10.1. The van der Waals surface area contributed by atoms with Crippen molar-refractivity contribution in [3.8, 4) is 0 Å². The number of carbonyl (C=O) groups excluding carboxylic acids is 1. The molecule has 0 heterocycles. The fraction of sp³-hybridized carbons (Fsp3) is 0. The van der Waals surface area contributed by atoms with Gasteiger partial charge in [-0.3, -0.25) is 4.79 Å². The topological polar surface area (TPSA) is 95.4 Å². The maximum atomic E-state index is 11.6. The van der Waals surface area contributed by atoms with E-state index in [1.165, 1.54) is 6.07 Å². The summed E-state index contributed by atoms with van der Waals surface area (Å²) in [7, 11) is -4.00. The highest BCUT2D eigenvalue weighted by Crippen LogP contribution is 2.23. The van der Waals surface area contributed by atoms with E-state index in [0.29, 0.717) is 5.39 Å². The van der Waals surface area contributed by atoms with Crippen molar-refractivity contribution >= 4 is 27.4 Å². The van der Waals surface area contributed by atoms with Crippen molar-refractivity contribution in [2.24, 2.45) is 0 Å². The molecule has 0 spiro atoms. The molecule has 0 aliphatic carbocycles. The molecule has 0 radical (unpaired) electrons. The third-order valence-electron chi connectivity index (χ3n) is 2.18. The van der Waals surface area contributed by atoms with E-state index in [1.54, 1.807) is 36.4 Å². The van der Waals surface area contributed by atoms with Gasteiger partial charge in [0.1, 0.15) is 4.90 Å². The third kappa shape index (κ3) is 2.43. The smallest absolute Gasteiger partial charge is 0.342 e. The predicted octanol–water partition coefficient (Wildman–Crippen LogP) is 1.86. The zero-order valence-corrected chi connectivity index (χ0v) is 9.68. The molecule has 2 aromatic rings. The Hall–Kier alpha value is -1.92. The summed E-state index contributed by atoms with van der Waals surface area (Å²) >= 11 is 0. The fourth-order valence-corrected chi connectivity index (χ4v) is 2.42. The van der Waals surface area contributed by atoms with Gasteiger partial charge < -0.3 is 10.3 Å². The van der Waals surface area contributed by atoms with E-state index in [2.05, 4.69) is 4.18 Å². The predicted molar refractivity (Wildman–Crippen MR) is 63.3 cm³/mol. The molecule has 0 saturated heterocycles. The van der Waals surface area contributed by atoms with Crippen LogP contribution < -0.4 is 6.15 Å². The average Bonchev–Trinajstić information content (AvgIpc) is 2.28. The third-order valence-corrected chi connectivity index (χ3v) is 3.41. The molecule has 0 aromatic heterocycles. The normalized spacial score (nSPS) is 10.6. The standard InChI is InChI=1S/C11H8O4S.H3N/c12-8-15-16(13,14)11-7-3-5-9-4-1-2-6-10(9)11;/h1-8H;1H3. The Bertz CT molecular complexity index is 631. The van der Waals surface area contributed by atoms with Crippen LogP contribution in [0.1, 0.15) is 0 Å². The van der Waals surface area contributed by atoms with Gasteiger partial charge in [0.2, 0.25) is 0 Å². The summed E-state index contributed by atoms with van der Waals surface area (Å²) in [5.74, 6) is 0. The largest absolute Gasteiger partial charge is 0.345 e. The molecule has 0 aliphatic heterocycles. The van der Waals surface area contributed by atoms with Gasteiger partial charge in [-0.1, -0.05) is 36.4 Å². The summed E-state index contributed by atoms with van der Waals surface area (Å²) in [6.07, 6.45) is 0. The summed E-state index contributed by atoms with van der Waals surface area (Å²) in [5.41, 5.74) is 0. The number of rotatable bonds is 3. The van der Waals surface area contributed by atoms with Crippen LogP contribution in [0, 0.1) is 0 Å². The molecule has 2 rings (SSSR count). The molecule has 0 fully saturated rings. The van der Waals surface area contributed by atoms with Crippen molar-refractivity contribution in [1.29, 1.82) is 0 Å². The van der Waals surface area contributed by atoms with Gasteiger partial charge in [-0.25, -0.2) is 0 Å². The number of benzene rings is 2. The van der Waals surface area contributed by atoms with E-state index in [4.69, 9.17) is 0 Å². The molecule has 0 bridgehead atoms. The first kappa shape index (κ1) is 13.1. The molecule has 6 heteroatoms. The second kappa shape index (κ2) is 4.94. The second-order valence-corrected chi connectivity index (χ2v) is 4.66. The van der Waals surface area contributed by atoms with E-state index in [-0.39, 0.29) is 17.5 Å². The highest BCUT2D eigenvalue weighted by Gasteiger charge is 2.17. The lowest BCUT2D eigenvalue weighted by molar-refractivity contribution is -0.120. The van der Waals surface area contributed by atoms with Gasteiger partial charge in [-0.2, -0.15) is 8.42 Å². The van der Waals surface area contributed by atoms with Crippen molar-refractivity contribution in [2.75, 3.05) is 0 Å². The Kier molecular flexibility index (Phi) is 3.82. The van der Waals surface area contributed by atoms with Crippen LogP contribution in [-0.4, -0.2) is 14.9 Å². The Balaban J connectivity index is 0.00000144. The molecule has 0 unspecified atom stereocenters. The van der Waals surface area contributed by atoms with Crippen LogP contribution in [0.4, 0.5) is 0 Å². The molecule has 0 atom stereocenters. The van der Waals surface area contributed by atoms with Gasteiger partial charge in [0.15, 0.2) is 0 Å². The van der Waals surface area contributed by atoms with Crippen molar-refractivity contribution in [3.05, 3.63) is 42.5 Å². The highest BCUT2D eigenvalue weighted by molar-refractivity contribution is 7.87. The molecule has 5 nitrogen and oxygen atoms in total. The first-order valence-electron chi connectivity index (χ1n) is 4.50. The van der Waals surface area contributed by atoms with Gasteiger partial charge in [0, 0.05) is 5.39 Å². The van der Waals surface area contributed by atoms with Gasteiger partial charge in [0.25, 0.3) is 0 Å². The van der Waals surface area contributed by atoms with Crippen LogP contribution in [0.25, 0.3) is 10.8 Å². The first-order valence-corrected chi connectivity index (χ1v) is 5.91. The van der Waals surface area contributed by atoms with Crippen molar-refractivity contribution in [3.63, 3.8) is 0 Å². The van der Waals surface area contributed by atoms with Gasteiger partial charge in [0.05, 0.1) is 0 Å². The molecular formula is C11H11NO4S. The minimum absolute atomic E-state index is 0. The summed E-state index contributed by atoms with van der Waals surface area (Å²) in [5, 5.41) is 1.31. The molecule has 2 aromatic carbocycles. The second-order valence-electron chi connectivity index (χ2n) is 3.12. The van der Waals surface area contributed by atoms with Crippen molar-refractivity contribution < 1.29 is 17.4 Å². The zero-order valence-electron chi connectivity index (χ0n) is 8.87. The average molecular weight is 253 g/mol. The Morgan fingerprint density at radius 3 is 2.35 bits per heavy atom. The summed E-state index contributed by atoms with van der Waals surface area (Å²) in [4.78, 5) is 10.1. The van der Waals surface area contributed by atoms with Crippen LogP contribution in [0.15, 0.2) is 47.4 Å². The number of hydrogen-bond acceptors (Lipinski definition) is 5. The molecule has 0 saturated carbocycles.